The molecule has 10 nitrogen and oxygen atoms in total. The van der Waals surface area contributed by atoms with E-state index in [2.05, 4.69) is 15.2 Å². The summed E-state index contributed by atoms with van der Waals surface area (Å²) in [5.41, 5.74) is 2.53. The standard InChI is InChI=1S/C35H33FN6O4/c1-39-20-24(26-5-3-7-30(27(26)21-43)42-13-12-22-4-2-6-28(36)32(22)35(42)46)18-29(34(39)45)38-31-11-10-25(19-37-31)40-14-16-41(17-15-40)33(44)23-8-9-23/h2-7,10-13,18-20,23,43H,8-9,14-17,21H2,1H3,(H,37,38). The van der Waals surface area contributed by atoms with E-state index in [-0.39, 0.29) is 28.5 Å². The van der Waals surface area contributed by atoms with E-state index in [9.17, 15) is 23.9 Å². The molecule has 234 valence electrons. The normalized spacial score (nSPS) is 14.9. The van der Waals surface area contributed by atoms with Crippen molar-refractivity contribution in [2.24, 2.45) is 13.0 Å². The van der Waals surface area contributed by atoms with Gasteiger partial charge >= 0.3 is 0 Å². The van der Waals surface area contributed by atoms with Gasteiger partial charge in [-0.05, 0) is 60.2 Å². The number of pyridine rings is 3. The van der Waals surface area contributed by atoms with Gasteiger partial charge in [0, 0.05) is 62.7 Å². The number of amides is 1. The van der Waals surface area contributed by atoms with Crippen LogP contribution in [0, 0.1) is 11.7 Å². The van der Waals surface area contributed by atoms with E-state index in [4.69, 9.17) is 0 Å². The number of hydrogen-bond acceptors (Lipinski definition) is 7. The predicted octanol–water partition coefficient (Wildman–Crippen LogP) is 4.19. The van der Waals surface area contributed by atoms with Gasteiger partial charge in [-0.1, -0.05) is 24.3 Å². The second kappa shape index (κ2) is 11.9. The summed E-state index contributed by atoms with van der Waals surface area (Å²) < 4.78 is 17.4. The second-order valence-corrected chi connectivity index (χ2v) is 11.8. The first-order valence-electron chi connectivity index (χ1n) is 15.3. The lowest BCUT2D eigenvalue weighted by molar-refractivity contribution is -0.132. The van der Waals surface area contributed by atoms with Gasteiger partial charge in [0.1, 0.15) is 17.3 Å². The number of piperazine rings is 1. The Labute approximate surface area is 264 Å². The van der Waals surface area contributed by atoms with Crippen molar-refractivity contribution in [1.82, 2.24) is 19.0 Å². The molecular formula is C35H33FN6O4. The fourth-order valence-electron chi connectivity index (χ4n) is 6.18. The molecule has 2 fully saturated rings. The molecule has 0 bridgehead atoms. The van der Waals surface area contributed by atoms with E-state index in [0.29, 0.717) is 46.7 Å². The van der Waals surface area contributed by atoms with Crippen molar-refractivity contribution >= 4 is 33.9 Å². The number of fused-ring (bicyclic) bond motifs is 1. The fourth-order valence-corrected chi connectivity index (χ4v) is 6.18. The maximum Gasteiger partial charge on any atom is 0.274 e. The third kappa shape index (κ3) is 5.43. The molecule has 0 atom stereocenters. The summed E-state index contributed by atoms with van der Waals surface area (Å²) in [6.45, 7) is 2.47. The van der Waals surface area contributed by atoms with Crippen LogP contribution in [0.15, 0.2) is 88.8 Å². The topological polar surface area (TPSA) is 113 Å². The van der Waals surface area contributed by atoms with Crippen LogP contribution in [0.3, 0.4) is 0 Å². The highest BCUT2D eigenvalue weighted by atomic mass is 19.1. The van der Waals surface area contributed by atoms with Gasteiger partial charge in [-0.25, -0.2) is 9.37 Å². The van der Waals surface area contributed by atoms with Crippen molar-refractivity contribution in [3.63, 3.8) is 0 Å². The number of hydrogen-bond donors (Lipinski definition) is 2. The predicted molar refractivity (Wildman–Crippen MR) is 175 cm³/mol. The van der Waals surface area contributed by atoms with Crippen LogP contribution in [0.4, 0.5) is 21.6 Å². The Kier molecular flexibility index (Phi) is 7.61. The maximum absolute atomic E-state index is 14.6. The van der Waals surface area contributed by atoms with Crippen LogP contribution in [0.25, 0.3) is 27.6 Å². The number of carbonyl (C=O) groups excluding carboxylic acids is 1. The molecule has 11 heteroatoms. The molecule has 46 heavy (non-hydrogen) atoms. The van der Waals surface area contributed by atoms with Crippen molar-refractivity contribution in [3.8, 4) is 16.8 Å². The Balaban J connectivity index is 1.16. The summed E-state index contributed by atoms with van der Waals surface area (Å²) in [6.07, 6.45) is 7.01. The first-order valence-corrected chi connectivity index (χ1v) is 15.3. The number of benzene rings is 2. The van der Waals surface area contributed by atoms with Crippen LogP contribution in [0.2, 0.25) is 0 Å². The SMILES string of the molecule is Cn1cc(-c2cccc(-n3ccc4cccc(F)c4c3=O)c2CO)cc(Nc2ccc(N3CCN(C(=O)C4CC4)CC3)cn2)c1=O. The molecule has 1 saturated carbocycles. The molecule has 0 radical (unpaired) electrons. The van der Waals surface area contributed by atoms with E-state index >= 15 is 0 Å². The number of aliphatic hydroxyl groups is 1. The van der Waals surface area contributed by atoms with Gasteiger partial charge in [0.25, 0.3) is 11.1 Å². The van der Waals surface area contributed by atoms with Gasteiger partial charge < -0.3 is 24.8 Å². The Bertz CT molecular complexity index is 2080. The average molecular weight is 621 g/mol. The van der Waals surface area contributed by atoms with Crippen LogP contribution < -0.4 is 21.3 Å². The highest BCUT2D eigenvalue weighted by molar-refractivity contribution is 5.83. The van der Waals surface area contributed by atoms with Crippen LogP contribution in [-0.4, -0.2) is 56.2 Å². The zero-order valence-electron chi connectivity index (χ0n) is 25.3. The molecule has 3 aromatic heterocycles. The molecule has 2 N–H and O–H groups in total. The number of carbonyl (C=O) groups is 1. The Morgan fingerprint density at radius 3 is 2.50 bits per heavy atom. The molecule has 1 aliphatic heterocycles. The molecule has 1 amide bonds. The van der Waals surface area contributed by atoms with Crippen molar-refractivity contribution in [1.29, 1.82) is 0 Å². The lowest BCUT2D eigenvalue weighted by Crippen LogP contribution is -2.49. The minimum absolute atomic E-state index is 0.0302. The highest BCUT2D eigenvalue weighted by Crippen LogP contribution is 2.32. The largest absolute Gasteiger partial charge is 0.392 e. The third-order valence-electron chi connectivity index (χ3n) is 8.84. The lowest BCUT2D eigenvalue weighted by atomic mass is 9.99. The van der Waals surface area contributed by atoms with Crippen LogP contribution in [0.1, 0.15) is 18.4 Å². The minimum atomic E-state index is -0.614. The van der Waals surface area contributed by atoms with E-state index in [1.165, 1.54) is 15.2 Å². The number of aryl methyl sites for hydroxylation is 1. The summed E-state index contributed by atoms with van der Waals surface area (Å²) in [7, 11) is 1.64. The number of aromatic nitrogens is 3. The zero-order chi connectivity index (χ0) is 31.9. The number of nitrogens with zero attached hydrogens (tertiary/aromatic N) is 5. The number of anilines is 3. The van der Waals surface area contributed by atoms with Crippen molar-refractivity contribution < 1.29 is 14.3 Å². The smallest absolute Gasteiger partial charge is 0.274 e. The van der Waals surface area contributed by atoms with Gasteiger partial charge in [-0.2, -0.15) is 0 Å². The summed E-state index contributed by atoms with van der Waals surface area (Å²) in [5.74, 6) is 0.374. The lowest BCUT2D eigenvalue weighted by Gasteiger charge is -2.36. The van der Waals surface area contributed by atoms with Crippen LogP contribution in [0.5, 0.6) is 0 Å². The van der Waals surface area contributed by atoms with E-state index in [0.717, 1.165) is 31.6 Å². The van der Waals surface area contributed by atoms with Gasteiger partial charge in [0.15, 0.2) is 0 Å². The Morgan fingerprint density at radius 1 is 1.00 bits per heavy atom. The molecule has 1 saturated heterocycles. The first-order chi connectivity index (χ1) is 22.3. The minimum Gasteiger partial charge on any atom is -0.392 e. The Morgan fingerprint density at radius 2 is 1.78 bits per heavy atom. The second-order valence-electron chi connectivity index (χ2n) is 11.8. The van der Waals surface area contributed by atoms with Crippen molar-refractivity contribution in [3.05, 3.63) is 111 Å². The molecule has 4 heterocycles. The quantitative estimate of drug-likeness (QED) is 0.281. The molecule has 0 spiro atoms. The summed E-state index contributed by atoms with van der Waals surface area (Å²) in [6, 6.07) is 16.8. The molecule has 2 aliphatic rings. The highest BCUT2D eigenvalue weighted by Gasteiger charge is 2.34. The molecule has 2 aromatic carbocycles. The summed E-state index contributed by atoms with van der Waals surface area (Å²) >= 11 is 0. The van der Waals surface area contributed by atoms with Gasteiger partial charge in [0.2, 0.25) is 5.91 Å². The van der Waals surface area contributed by atoms with Gasteiger partial charge in [-0.3, -0.25) is 19.0 Å². The van der Waals surface area contributed by atoms with Crippen molar-refractivity contribution in [2.45, 2.75) is 19.4 Å². The molecule has 5 aromatic rings. The molecule has 0 unspecified atom stereocenters. The number of nitrogens with one attached hydrogen (secondary N) is 1. The van der Waals surface area contributed by atoms with E-state index in [1.54, 1.807) is 68.1 Å². The molecule has 7 rings (SSSR count). The van der Waals surface area contributed by atoms with Crippen LogP contribution >= 0.6 is 0 Å². The van der Waals surface area contributed by atoms with E-state index in [1.807, 2.05) is 17.0 Å². The first kappa shape index (κ1) is 29.4. The van der Waals surface area contributed by atoms with E-state index < -0.39 is 18.0 Å². The number of aliphatic hydroxyl groups excluding tert-OH is 1. The Hall–Kier alpha value is -5.29. The van der Waals surface area contributed by atoms with Gasteiger partial charge in [-0.15, -0.1) is 0 Å². The van der Waals surface area contributed by atoms with Crippen LogP contribution in [-0.2, 0) is 18.4 Å². The molecule has 1 aliphatic carbocycles. The van der Waals surface area contributed by atoms with Gasteiger partial charge in [0.05, 0.1) is 29.6 Å². The fraction of sp³-hybridized carbons (Fsp3) is 0.257. The summed E-state index contributed by atoms with van der Waals surface area (Å²) in [5, 5.41) is 14.1. The number of rotatable bonds is 7. The third-order valence-corrected chi connectivity index (χ3v) is 8.84. The van der Waals surface area contributed by atoms with Crippen molar-refractivity contribution in [2.75, 3.05) is 36.4 Å². The average Bonchev–Trinajstić information content (AvgIpc) is 3.93. The molecular weight excluding hydrogens is 587 g/mol. The maximum atomic E-state index is 14.6. The summed E-state index contributed by atoms with van der Waals surface area (Å²) in [4.78, 5) is 47.6. The monoisotopic (exact) mass is 620 g/mol. The number of halogens is 1. The zero-order valence-corrected chi connectivity index (χ0v) is 25.3.